The number of rotatable bonds is 5. The summed E-state index contributed by atoms with van der Waals surface area (Å²) in [6, 6.07) is 4.85. The quantitative estimate of drug-likeness (QED) is 0.483. The van der Waals surface area contributed by atoms with Crippen LogP contribution in [-0.4, -0.2) is 32.9 Å². The number of hydrogen-bond acceptors (Lipinski definition) is 6. The van der Waals surface area contributed by atoms with Crippen LogP contribution in [0.15, 0.2) is 39.7 Å². The van der Waals surface area contributed by atoms with Gasteiger partial charge in [0.15, 0.2) is 5.54 Å². The summed E-state index contributed by atoms with van der Waals surface area (Å²) in [5, 5.41) is 13.4. The first kappa shape index (κ1) is 17.4. The maximum absolute atomic E-state index is 12.7. The number of aromatic nitrogens is 1. The Morgan fingerprint density at radius 1 is 1.19 bits per heavy atom. The molecule has 0 bridgehead atoms. The highest BCUT2D eigenvalue weighted by Crippen LogP contribution is 2.30. The summed E-state index contributed by atoms with van der Waals surface area (Å²) in [5.41, 5.74) is -2.05. The molecule has 2 aromatic heterocycles. The van der Waals surface area contributed by atoms with Gasteiger partial charge < -0.3 is 14.3 Å². The van der Waals surface area contributed by atoms with E-state index in [1.54, 1.807) is 19.1 Å². The van der Waals surface area contributed by atoms with E-state index in [0.29, 0.717) is 11.5 Å². The zero-order valence-corrected chi connectivity index (χ0v) is 14.1. The van der Waals surface area contributed by atoms with E-state index in [-0.39, 0.29) is 18.8 Å². The molecule has 10 heteroatoms. The Kier molecular flexibility index (Phi) is 4.10. The Morgan fingerprint density at radius 3 is 2.54 bits per heavy atom. The standard InChI is InChI=1S/C16H16N4O6/c1-10-3-5-12(26-10)16(2)14(22)19(15(23)17-16)8-7-18-9-11(20(24)25)4-6-13(18)21/h3-6,9H,7-8H2,1-2H3,(H,17,23). The lowest BCUT2D eigenvalue weighted by Crippen LogP contribution is -2.41. The van der Waals surface area contributed by atoms with E-state index in [2.05, 4.69) is 5.32 Å². The second kappa shape index (κ2) is 6.14. The lowest BCUT2D eigenvalue weighted by atomic mass is 9.99. The molecule has 3 rings (SSSR count). The molecule has 3 heterocycles. The fraction of sp³-hybridized carbons (Fsp3) is 0.312. The molecule has 1 N–H and O–H groups in total. The van der Waals surface area contributed by atoms with Gasteiger partial charge in [0.2, 0.25) is 0 Å². The topological polar surface area (TPSA) is 128 Å². The molecular weight excluding hydrogens is 344 g/mol. The molecule has 10 nitrogen and oxygen atoms in total. The van der Waals surface area contributed by atoms with Crippen molar-refractivity contribution in [3.8, 4) is 0 Å². The molecule has 0 spiro atoms. The van der Waals surface area contributed by atoms with Crippen molar-refractivity contribution in [3.63, 3.8) is 0 Å². The molecule has 1 atom stereocenters. The zero-order chi connectivity index (χ0) is 19.1. The third kappa shape index (κ3) is 2.85. The molecule has 3 amide bonds. The first-order valence-electron chi connectivity index (χ1n) is 7.78. The molecule has 136 valence electrons. The molecule has 2 aromatic rings. The predicted octanol–water partition coefficient (Wildman–Crippen LogP) is 1.13. The van der Waals surface area contributed by atoms with Crippen LogP contribution in [0, 0.1) is 17.0 Å². The number of pyridine rings is 1. The Hall–Kier alpha value is -3.43. The van der Waals surface area contributed by atoms with Gasteiger partial charge in [-0.2, -0.15) is 0 Å². The molecule has 1 aliphatic heterocycles. The number of nitro groups is 1. The van der Waals surface area contributed by atoms with Crippen LogP contribution in [-0.2, 0) is 16.9 Å². The number of amides is 3. The minimum atomic E-state index is -1.33. The summed E-state index contributed by atoms with van der Waals surface area (Å²) in [7, 11) is 0. The van der Waals surface area contributed by atoms with E-state index >= 15 is 0 Å². The highest BCUT2D eigenvalue weighted by Gasteiger charge is 2.50. The summed E-state index contributed by atoms with van der Waals surface area (Å²) < 4.78 is 6.56. The number of nitrogens with zero attached hydrogens (tertiary/aromatic N) is 3. The first-order valence-corrected chi connectivity index (χ1v) is 7.78. The number of hydrogen-bond donors (Lipinski definition) is 1. The zero-order valence-electron chi connectivity index (χ0n) is 14.1. The van der Waals surface area contributed by atoms with Crippen LogP contribution >= 0.6 is 0 Å². The summed E-state index contributed by atoms with van der Waals surface area (Å²) >= 11 is 0. The third-order valence-electron chi connectivity index (χ3n) is 4.25. The molecule has 1 aliphatic rings. The van der Waals surface area contributed by atoms with Crippen LogP contribution in [0.2, 0.25) is 0 Å². The molecular formula is C16H16N4O6. The van der Waals surface area contributed by atoms with Gasteiger partial charge in [-0.05, 0) is 26.0 Å². The minimum absolute atomic E-state index is 0.0626. The van der Waals surface area contributed by atoms with Crippen molar-refractivity contribution < 1.29 is 18.9 Å². The normalized spacial score (nSPS) is 19.7. The van der Waals surface area contributed by atoms with E-state index in [0.717, 1.165) is 27.8 Å². The number of carbonyl (C=O) groups is 2. The Balaban J connectivity index is 1.80. The van der Waals surface area contributed by atoms with Gasteiger partial charge in [-0.3, -0.25) is 24.6 Å². The van der Waals surface area contributed by atoms with Crippen molar-refractivity contribution in [2.24, 2.45) is 0 Å². The van der Waals surface area contributed by atoms with Crippen LogP contribution in [0.5, 0.6) is 0 Å². The van der Waals surface area contributed by atoms with E-state index in [4.69, 9.17) is 4.42 Å². The minimum Gasteiger partial charge on any atom is -0.463 e. The Bertz CT molecular complexity index is 962. The van der Waals surface area contributed by atoms with E-state index < -0.39 is 28.0 Å². The van der Waals surface area contributed by atoms with Crippen LogP contribution < -0.4 is 10.9 Å². The van der Waals surface area contributed by atoms with Gasteiger partial charge in [-0.25, -0.2) is 4.79 Å². The number of furan rings is 1. The fourth-order valence-corrected chi connectivity index (χ4v) is 2.78. The molecule has 1 saturated heterocycles. The third-order valence-corrected chi connectivity index (χ3v) is 4.25. The van der Waals surface area contributed by atoms with Crippen LogP contribution in [0.3, 0.4) is 0 Å². The van der Waals surface area contributed by atoms with Crippen LogP contribution in [0.25, 0.3) is 0 Å². The molecule has 0 radical (unpaired) electrons. The molecule has 0 aromatic carbocycles. The van der Waals surface area contributed by atoms with Gasteiger partial charge in [0, 0.05) is 25.2 Å². The maximum atomic E-state index is 12.7. The van der Waals surface area contributed by atoms with Gasteiger partial charge in [0.25, 0.3) is 17.2 Å². The highest BCUT2D eigenvalue weighted by molar-refractivity contribution is 6.06. The average molecular weight is 360 g/mol. The van der Waals surface area contributed by atoms with E-state index in [9.17, 15) is 24.5 Å². The van der Waals surface area contributed by atoms with E-state index in [1.165, 1.54) is 6.92 Å². The molecule has 1 unspecified atom stereocenters. The molecule has 0 saturated carbocycles. The fourth-order valence-electron chi connectivity index (χ4n) is 2.78. The first-order chi connectivity index (χ1) is 12.2. The second-order valence-corrected chi connectivity index (χ2v) is 6.10. The second-order valence-electron chi connectivity index (χ2n) is 6.10. The van der Waals surface area contributed by atoms with Gasteiger partial charge in [-0.15, -0.1) is 0 Å². The van der Waals surface area contributed by atoms with Gasteiger partial charge >= 0.3 is 6.03 Å². The van der Waals surface area contributed by atoms with Gasteiger partial charge in [-0.1, -0.05) is 0 Å². The summed E-state index contributed by atoms with van der Waals surface area (Å²) in [5.74, 6) is 0.392. The Morgan fingerprint density at radius 2 is 1.92 bits per heavy atom. The summed E-state index contributed by atoms with van der Waals surface area (Å²) in [6.07, 6.45) is 1.08. The van der Waals surface area contributed by atoms with Crippen molar-refractivity contribution in [3.05, 3.63) is 62.5 Å². The highest BCUT2D eigenvalue weighted by atomic mass is 16.6. The number of imide groups is 1. The average Bonchev–Trinajstić information content (AvgIpc) is 3.10. The van der Waals surface area contributed by atoms with Crippen molar-refractivity contribution in [2.75, 3.05) is 6.54 Å². The van der Waals surface area contributed by atoms with Crippen molar-refractivity contribution in [2.45, 2.75) is 25.9 Å². The number of carbonyl (C=O) groups excluding carboxylic acids is 2. The van der Waals surface area contributed by atoms with Gasteiger partial charge in [0.05, 0.1) is 11.1 Å². The van der Waals surface area contributed by atoms with Crippen molar-refractivity contribution in [1.82, 2.24) is 14.8 Å². The van der Waals surface area contributed by atoms with E-state index in [1.807, 2.05) is 0 Å². The van der Waals surface area contributed by atoms with Crippen LogP contribution in [0.4, 0.5) is 10.5 Å². The number of nitrogens with one attached hydrogen (secondary N) is 1. The number of urea groups is 1. The summed E-state index contributed by atoms with van der Waals surface area (Å²) in [6.45, 7) is 3.08. The van der Waals surface area contributed by atoms with Crippen LogP contribution in [0.1, 0.15) is 18.4 Å². The summed E-state index contributed by atoms with van der Waals surface area (Å²) in [4.78, 5) is 47.9. The molecule has 0 aliphatic carbocycles. The monoisotopic (exact) mass is 360 g/mol. The lowest BCUT2D eigenvalue weighted by Gasteiger charge is -2.19. The van der Waals surface area contributed by atoms with Crippen molar-refractivity contribution >= 4 is 17.6 Å². The lowest BCUT2D eigenvalue weighted by molar-refractivity contribution is -0.385. The maximum Gasteiger partial charge on any atom is 0.325 e. The largest absolute Gasteiger partial charge is 0.463 e. The molecule has 1 fully saturated rings. The molecule has 26 heavy (non-hydrogen) atoms. The number of aryl methyl sites for hydroxylation is 1. The SMILES string of the molecule is Cc1ccc(C2(C)NC(=O)N(CCn3cc([N+](=O)[O-])ccc3=O)C2=O)o1. The Labute approximate surface area is 147 Å². The predicted molar refractivity (Wildman–Crippen MR) is 88.4 cm³/mol. The smallest absolute Gasteiger partial charge is 0.325 e. The van der Waals surface area contributed by atoms with Crippen molar-refractivity contribution in [1.29, 1.82) is 0 Å². The van der Waals surface area contributed by atoms with Gasteiger partial charge in [0.1, 0.15) is 11.5 Å².